The lowest BCUT2D eigenvalue weighted by molar-refractivity contribution is 0.576. The number of nitrogens with one attached hydrogen (secondary N) is 1. The third-order valence-electron chi connectivity index (χ3n) is 2.79. The highest BCUT2D eigenvalue weighted by Crippen LogP contribution is 2.13. The standard InChI is InChI=1S/C11H15ClN2O2S.ClH/c12-11-4-3-9(6-14-11)7-17(15,16)8-10-2-1-5-13-10;/h3-4,6,10,13H,1-2,5,7-8H2;1H. The minimum Gasteiger partial charge on any atom is -0.313 e. The average molecular weight is 311 g/mol. The second-order valence-corrected chi connectivity index (χ2v) is 6.83. The normalized spacial score (nSPS) is 19.5. The molecule has 102 valence electrons. The third-order valence-corrected chi connectivity index (χ3v) is 4.70. The van der Waals surface area contributed by atoms with Gasteiger partial charge in [-0.1, -0.05) is 17.7 Å². The van der Waals surface area contributed by atoms with Gasteiger partial charge in [-0.3, -0.25) is 0 Å². The number of hydrogen-bond donors (Lipinski definition) is 1. The molecule has 2 heterocycles. The molecule has 18 heavy (non-hydrogen) atoms. The maximum Gasteiger partial charge on any atom is 0.156 e. The number of pyridine rings is 1. The highest BCUT2D eigenvalue weighted by atomic mass is 35.5. The number of halogens is 2. The first-order valence-corrected chi connectivity index (χ1v) is 7.79. The fourth-order valence-corrected chi connectivity index (χ4v) is 3.82. The molecule has 1 aromatic heterocycles. The molecular formula is C11H16Cl2N2O2S. The van der Waals surface area contributed by atoms with E-state index in [0.29, 0.717) is 10.7 Å². The quantitative estimate of drug-likeness (QED) is 0.862. The van der Waals surface area contributed by atoms with Crippen molar-refractivity contribution in [1.82, 2.24) is 10.3 Å². The van der Waals surface area contributed by atoms with Crippen LogP contribution in [-0.2, 0) is 15.6 Å². The van der Waals surface area contributed by atoms with Crippen LogP contribution >= 0.6 is 24.0 Å². The Bertz CT molecular complexity index is 470. The predicted octanol–water partition coefficient (Wildman–Crippen LogP) is 1.82. The van der Waals surface area contributed by atoms with Gasteiger partial charge in [0, 0.05) is 12.2 Å². The molecule has 0 saturated carbocycles. The molecule has 2 rings (SSSR count). The van der Waals surface area contributed by atoms with Crippen LogP contribution in [0.2, 0.25) is 5.15 Å². The lowest BCUT2D eigenvalue weighted by Gasteiger charge is -2.10. The first kappa shape index (κ1) is 15.7. The van der Waals surface area contributed by atoms with Crippen LogP contribution in [0.1, 0.15) is 18.4 Å². The molecular weight excluding hydrogens is 295 g/mol. The molecule has 0 radical (unpaired) electrons. The van der Waals surface area contributed by atoms with E-state index in [2.05, 4.69) is 10.3 Å². The van der Waals surface area contributed by atoms with Gasteiger partial charge < -0.3 is 5.32 Å². The van der Waals surface area contributed by atoms with Crippen molar-refractivity contribution < 1.29 is 8.42 Å². The fourth-order valence-electron chi connectivity index (χ4n) is 2.01. The van der Waals surface area contributed by atoms with Crippen molar-refractivity contribution in [3.63, 3.8) is 0 Å². The van der Waals surface area contributed by atoms with Crippen LogP contribution in [0.4, 0.5) is 0 Å². The summed E-state index contributed by atoms with van der Waals surface area (Å²) in [7, 11) is -3.08. The Morgan fingerprint density at radius 2 is 2.22 bits per heavy atom. The summed E-state index contributed by atoms with van der Waals surface area (Å²) in [5, 5.41) is 3.57. The van der Waals surface area contributed by atoms with Gasteiger partial charge in [-0.05, 0) is 31.0 Å². The highest BCUT2D eigenvalue weighted by molar-refractivity contribution is 7.90. The van der Waals surface area contributed by atoms with Crippen molar-refractivity contribution in [3.8, 4) is 0 Å². The average Bonchev–Trinajstić information content (AvgIpc) is 2.73. The first-order chi connectivity index (χ1) is 8.05. The number of sulfone groups is 1. The zero-order valence-electron chi connectivity index (χ0n) is 9.80. The van der Waals surface area contributed by atoms with Crippen LogP contribution in [0.3, 0.4) is 0 Å². The summed E-state index contributed by atoms with van der Waals surface area (Å²) < 4.78 is 23.9. The van der Waals surface area contributed by atoms with Gasteiger partial charge in [-0.2, -0.15) is 0 Å². The van der Waals surface area contributed by atoms with Crippen LogP contribution in [0.5, 0.6) is 0 Å². The SMILES string of the molecule is Cl.O=S(=O)(Cc1ccc(Cl)nc1)CC1CCCN1. The predicted molar refractivity (Wildman–Crippen MR) is 75.0 cm³/mol. The van der Waals surface area contributed by atoms with Crippen LogP contribution in [0, 0.1) is 0 Å². The Balaban J connectivity index is 0.00000162. The van der Waals surface area contributed by atoms with E-state index in [1.54, 1.807) is 12.1 Å². The molecule has 1 N–H and O–H groups in total. The van der Waals surface area contributed by atoms with Gasteiger partial charge in [0.2, 0.25) is 0 Å². The summed E-state index contributed by atoms with van der Waals surface area (Å²) in [6.45, 7) is 0.919. The molecule has 0 bridgehead atoms. The maximum absolute atomic E-state index is 11.9. The van der Waals surface area contributed by atoms with E-state index in [4.69, 9.17) is 11.6 Å². The zero-order chi connectivity index (χ0) is 12.3. The smallest absolute Gasteiger partial charge is 0.156 e. The van der Waals surface area contributed by atoms with Gasteiger partial charge in [0.25, 0.3) is 0 Å². The van der Waals surface area contributed by atoms with E-state index < -0.39 is 9.84 Å². The van der Waals surface area contributed by atoms with E-state index in [-0.39, 0.29) is 30.0 Å². The van der Waals surface area contributed by atoms with E-state index in [9.17, 15) is 8.42 Å². The van der Waals surface area contributed by atoms with E-state index in [0.717, 1.165) is 19.4 Å². The monoisotopic (exact) mass is 310 g/mol. The number of aromatic nitrogens is 1. The second-order valence-electron chi connectivity index (χ2n) is 4.34. The molecule has 1 aliphatic rings. The molecule has 0 amide bonds. The van der Waals surface area contributed by atoms with Gasteiger partial charge in [0.1, 0.15) is 5.15 Å². The highest BCUT2D eigenvalue weighted by Gasteiger charge is 2.22. The molecule has 1 atom stereocenters. The Kier molecular flexibility index (Phi) is 5.85. The van der Waals surface area contributed by atoms with E-state index in [1.807, 2.05) is 0 Å². The molecule has 1 aromatic rings. The van der Waals surface area contributed by atoms with Crippen LogP contribution < -0.4 is 5.32 Å². The van der Waals surface area contributed by atoms with Crippen molar-refractivity contribution in [3.05, 3.63) is 29.0 Å². The summed E-state index contributed by atoms with van der Waals surface area (Å²) in [5.74, 6) is 0.241. The fraction of sp³-hybridized carbons (Fsp3) is 0.545. The Morgan fingerprint density at radius 1 is 1.44 bits per heavy atom. The molecule has 1 unspecified atom stereocenters. The van der Waals surface area contributed by atoms with Crippen molar-refractivity contribution in [2.45, 2.75) is 24.6 Å². The van der Waals surface area contributed by atoms with E-state index >= 15 is 0 Å². The number of hydrogen-bond acceptors (Lipinski definition) is 4. The van der Waals surface area contributed by atoms with Gasteiger partial charge in [-0.15, -0.1) is 12.4 Å². The minimum absolute atomic E-state index is 0. The van der Waals surface area contributed by atoms with Crippen LogP contribution in [-0.4, -0.2) is 31.7 Å². The summed E-state index contributed by atoms with van der Waals surface area (Å²) in [4.78, 5) is 3.88. The van der Waals surface area contributed by atoms with Gasteiger partial charge >= 0.3 is 0 Å². The maximum atomic E-state index is 11.9. The summed E-state index contributed by atoms with van der Waals surface area (Å²) in [6.07, 6.45) is 3.52. The molecule has 1 saturated heterocycles. The third kappa shape index (κ3) is 4.72. The Hall–Kier alpha value is -0.360. The molecule has 0 aromatic carbocycles. The van der Waals surface area contributed by atoms with Gasteiger partial charge in [0.05, 0.1) is 11.5 Å². The lowest BCUT2D eigenvalue weighted by atomic mass is 10.3. The molecule has 7 heteroatoms. The summed E-state index contributed by atoms with van der Waals surface area (Å²) >= 11 is 5.65. The molecule has 1 fully saturated rings. The topological polar surface area (TPSA) is 59.1 Å². The van der Waals surface area contributed by atoms with E-state index in [1.165, 1.54) is 6.20 Å². The number of nitrogens with zero attached hydrogens (tertiary/aromatic N) is 1. The van der Waals surface area contributed by atoms with Crippen molar-refractivity contribution >= 4 is 33.8 Å². The van der Waals surface area contributed by atoms with Crippen molar-refractivity contribution in [2.24, 2.45) is 0 Å². The van der Waals surface area contributed by atoms with Gasteiger partial charge in [-0.25, -0.2) is 13.4 Å². The number of rotatable bonds is 4. The largest absolute Gasteiger partial charge is 0.313 e. The molecule has 0 spiro atoms. The lowest BCUT2D eigenvalue weighted by Crippen LogP contribution is -2.30. The second kappa shape index (κ2) is 6.70. The van der Waals surface area contributed by atoms with Crippen molar-refractivity contribution in [2.75, 3.05) is 12.3 Å². The van der Waals surface area contributed by atoms with Crippen LogP contribution in [0.15, 0.2) is 18.3 Å². The first-order valence-electron chi connectivity index (χ1n) is 5.59. The Morgan fingerprint density at radius 3 is 2.78 bits per heavy atom. The van der Waals surface area contributed by atoms with Crippen LogP contribution in [0.25, 0.3) is 0 Å². The van der Waals surface area contributed by atoms with Crippen molar-refractivity contribution in [1.29, 1.82) is 0 Å². The molecule has 1 aliphatic heterocycles. The summed E-state index contributed by atoms with van der Waals surface area (Å²) in [5.41, 5.74) is 0.687. The Labute approximate surface area is 118 Å². The zero-order valence-corrected chi connectivity index (χ0v) is 12.2. The summed E-state index contributed by atoms with van der Waals surface area (Å²) in [6, 6.07) is 3.43. The van der Waals surface area contributed by atoms with Gasteiger partial charge in [0.15, 0.2) is 9.84 Å². The minimum atomic E-state index is -3.08. The molecule has 0 aliphatic carbocycles. The molecule has 4 nitrogen and oxygen atoms in total.